The molecule has 0 radical (unpaired) electrons. The maximum absolute atomic E-state index is 6.46. The van der Waals surface area contributed by atoms with Gasteiger partial charge in [0.15, 0.2) is 0 Å². The Morgan fingerprint density at radius 2 is 1.89 bits per heavy atom. The van der Waals surface area contributed by atoms with E-state index in [-0.39, 0.29) is 5.38 Å². The first-order valence-electron chi connectivity index (χ1n) is 5.35. The number of halogens is 3. The van der Waals surface area contributed by atoms with E-state index < -0.39 is 0 Å². The second-order valence-electron chi connectivity index (χ2n) is 3.78. The van der Waals surface area contributed by atoms with Gasteiger partial charge in [-0.05, 0) is 45.3 Å². The van der Waals surface area contributed by atoms with Crippen LogP contribution in [-0.2, 0) is 0 Å². The Morgan fingerprint density at radius 1 is 1.17 bits per heavy atom. The monoisotopic (exact) mass is 344 g/mol. The molecule has 0 aromatic heterocycles. The molecule has 0 saturated carbocycles. The van der Waals surface area contributed by atoms with E-state index in [1.807, 2.05) is 42.5 Å². The van der Waals surface area contributed by atoms with Crippen molar-refractivity contribution in [2.45, 2.75) is 5.38 Å². The quantitative estimate of drug-likeness (QED) is 0.673. The standard InChI is InChI=1S/C14H11BrCl2O/c1-18-13-7-6-9(8-11(13)15)14(17)10-4-2-3-5-12(10)16/h2-8,14H,1H3. The third-order valence-corrected chi connectivity index (χ3v) is 4.10. The molecular formula is C14H11BrCl2O. The van der Waals surface area contributed by atoms with E-state index in [1.165, 1.54) is 0 Å². The lowest BCUT2D eigenvalue weighted by atomic mass is 10.0. The van der Waals surface area contributed by atoms with Crippen molar-refractivity contribution in [1.82, 2.24) is 0 Å². The highest BCUT2D eigenvalue weighted by molar-refractivity contribution is 9.10. The number of hydrogen-bond donors (Lipinski definition) is 0. The van der Waals surface area contributed by atoms with Crippen molar-refractivity contribution >= 4 is 39.1 Å². The van der Waals surface area contributed by atoms with Gasteiger partial charge < -0.3 is 4.74 Å². The number of ether oxygens (including phenoxy) is 1. The summed E-state index contributed by atoms with van der Waals surface area (Å²) in [5, 5.41) is 0.394. The fourth-order valence-corrected chi connectivity index (χ4v) is 2.89. The summed E-state index contributed by atoms with van der Waals surface area (Å²) in [6.07, 6.45) is 0. The van der Waals surface area contributed by atoms with Crippen molar-refractivity contribution in [3.63, 3.8) is 0 Å². The molecule has 0 N–H and O–H groups in total. The Kier molecular flexibility index (Phi) is 4.55. The van der Waals surface area contributed by atoms with Gasteiger partial charge in [0.05, 0.1) is 17.0 Å². The van der Waals surface area contributed by atoms with Crippen molar-refractivity contribution in [3.05, 3.63) is 63.1 Å². The molecule has 0 aliphatic carbocycles. The summed E-state index contributed by atoms with van der Waals surface area (Å²) in [6.45, 7) is 0. The smallest absolute Gasteiger partial charge is 0.133 e. The second kappa shape index (κ2) is 5.96. The molecule has 0 fully saturated rings. The van der Waals surface area contributed by atoms with E-state index in [0.717, 1.165) is 21.3 Å². The van der Waals surface area contributed by atoms with Crippen LogP contribution in [0.25, 0.3) is 0 Å². The molecule has 0 aliphatic heterocycles. The Labute approximate surface area is 125 Å². The third-order valence-electron chi connectivity index (χ3n) is 2.65. The zero-order valence-electron chi connectivity index (χ0n) is 9.66. The topological polar surface area (TPSA) is 9.23 Å². The van der Waals surface area contributed by atoms with Crippen molar-refractivity contribution < 1.29 is 4.74 Å². The molecule has 4 heteroatoms. The molecule has 0 saturated heterocycles. The van der Waals surface area contributed by atoms with Gasteiger partial charge in [0, 0.05) is 5.02 Å². The van der Waals surface area contributed by atoms with Crippen LogP contribution in [0, 0.1) is 0 Å². The summed E-state index contributed by atoms with van der Waals surface area (Å²) < 4.78 is 6.07. The lowest BCUT2D eigenvalue weighted by Crippen LogP contribution is -1.95. The molecule has 1 unspecified atom stereocenters. The molecule has 0 spiro atoms. The Balaban J connectivity index is 2.37. The normalized spacial score (nSPS) is 12.2. The van der Waals surface area contributed by atoms with Crippen LogP contribution in [0.2, 0.25) is 5.02 Å². The van der Waals surface area contributed by atoms with Gasteiger partial charge in [-0.15, -0.1) is 11.6 Å². The Morgan fingerprint density at radius 3 is 2.50 bits per heavy atom. The van der Waals surface area contributed by atoms with E-state index in [4.69, 9.17) is 27.9 Å². The summed E-state index contributed by atoms with van der Waals surface area (Å²) in [5.74, 6) is 0.779. The summed E-state index contributed by atoms with van der Waals surface area (Å²) >= 11 is 16.1. The van der Waals surface area contributed by atoms with Gasteiger partial charge in [-0.25, -0.2) is 0 Å². The first kappa shape index (κ1) is 13.7. The zero-order valence-corrected chi connectivity index (χ0v) is 12.8. The van der Waals surface area contributed by atoms with E-state index in [2.05, 4.69) is 15.9 Å². The fraction of sp³-hybridized carbons (Fsp3) is 0.143. The van der Waals surface area contributed by atoms with E-state index in [0.29, 0.717) is 5.02 Å². The molecule has 0 heterocycles. The summed E-state index contributed by atoms with van der Waals surface area (Å²) in [5.41, 5.74) is 1.87. The molecule has 1 nitrogen and oxygen atoms in total. The molecule has 0 amide bonds. The first-order valence-corrected chi connectivity index (χ1v) is 6.96. The lowest BCUT2D eigenvalue weighted by molar-refractivity contribution is 0.412. The minimum absolute atomic E-state index is 0.277. The second-order valence-corrected chi connectivity index (χ2v) is 5.48. The maximum atomic E-state index is 6.46. The van der Waals surface area contributed by atoms with Gasteiger partial charge in [0.1, 0.15) is 5.75 Å². The van der Waals surface area contributed by atoms with Gasteiger partial charge >= 0.3 is 0 Å². The highest BCUT2D eigenvalue weighted by Gasteiger charge is 2.15. The summed E-state index contributed by atoms with van der Waals surface area (Å²) in [6, 6.07) is 13.3. The van der Waals surface area contributed by atoms with Crippen molar-refractivity contribution in [2.75, 3.05) is 7.11 Å². The van der Waals surface area contributed by atoms with E-state index in [1.54, 1.807) is 7.11 Å². The van der Waals surface area contributed by atoms with Crippen LogP contribution in [-0.4, -0.2) is 7.11 Å². The highest BCUT2D eigenvalue weighted by atomic mass is 79.9. The largest absolute Gasteiger partial charge is 0.496 e. The number of methoxy groups -OCH3 is 1. The first-order chi connectivity index (χ1) is 8.63. The van der Waals surface area contributed by atoms with Crippen LogP contribution in [0.3, 0.4) is 0 Å². The third kappa shape index (κ3) is 2.82. The summed E-state index contributed by atoms with van der Waals surface area (Å²) in [7, 11) is 1.63. The molecular weight excluding hydrogens is 335 g/mol. The maximum Gasteiger partial charge on any atom is 0.133 e. The number of benzene rings is 2. The van der Waals surface area contributed by atoms with Gasteiger partial charge in [-0.3, -0.25) is 0 Å². The van der Waals surface area contributed by atoms with E-state index in [9.17, 15) is 0 Å². The van der Waals surface area contributed by atoms with Crippen LogP contribution in [0.4, 0.5) is 0 Å². The summed E-state index contributed by atoms with van der Waals surface area (Å²) in [4.78, 5) is 0. The van der Waals surface area contributed by atoms with Crippen LogP contribution < -0.4 is 4.74 Å². The molecule has 1 atom stereocenters. The van der Waals surface area contributed by atoms with Crippen molar-refractivity contribution in [3.8, 4) is 5.75 Å². The van der Waals surface area contributed by atoms with E-state index >= 15 is 0 Å². The number of alkyl halides is 1. The molecule has 2 aromatic carbocycles. The van der Waals surface area contributed by atoms with Crippen LogP contribution in [0.1, 0.15) is 16.5 Å². The van der Waals surface area contributed by atoms with Crippen LogP contribution in [0.15, 0.2) is 46.9 Å². The minimum Gasteiger partial charge on any atom is -0.496 e. The lowest BCUT2D eigenvalue weighted by Gasteiger charge is -2.13. The SMILES string of the molecule is COc1ccc(C(Cl)c2ccccc2Cl)cc1Br. The molecule has 0 aliphatic rings. The van der Waals surface area contributed by atoms with Crippen LogP contribution >= 0.6 is 39.1 Å². The molecule has 18 heavy (non-hydrogen) atoms. The van der Waals surface area contributed by atoms with Gasteiger partial charge in [0.25, 0.3) is 0 Å². The zero-order chi connectivity index (χ0) is 13.1. The average molecular weight is 346 g/mol. The number of hydrogen-bond acceptors (Lipinski definition) is 1. The Hall–Kier alpha value is -0.700. The average Bonchev–Trinajstić information content (AvgIpc) is 2.38. The van der Waals surface area contributed by atoms with Gasteiger partial charge in [0.2, 0.25) is 0 Å². The molecule has 2 aromatic rings. The molecule has 94 valence electrons. The van der Waals surface area contributed by atoms with Crippen LogP contribution in [0.5, 0.6) is 5.75 Å². The fourth-order valence-electron chi connectivity index (χ4n) is 1.70. The highest BCUT2D eigenvalue weighted by Crippen LogP contribution is 2.36. The predicted octanol–water partition coefficient (Wildman–Crippen LogP) is 5.44. The van der Waals surface area contributed by atoms with Crippen molar-refractivity contribution in [1.29, 1.82) is 0 Å². The molecule has 2 rings (SSSR count). The van der Waals surface area contributed by atoms with Gasteiger partial charge in [-0.1, -0.05) is 35.9 Å². The van der Waals surface area contributed by atoms with Gasteiger partial charge in [-0.2, -0.15) is 0 Å². The predicted molar refractivity (Wildman–Crippen MR) is 79.8 cm³/mol. The number of rotatable bonds is 3. The minimum atomic E-state index is -0.277. The van der Waals surface area contributed by atoms with Crippen molar-refractivity contribution in [2.24, 2.45) is 0 Å². The molecule has 0 bridgehead atoms. The Bertz CT molecular complexity index is 557.